The zero-order chi connectivity index (χ0) is 24.9. The molecule has 0 saturated carbocycles. The summed E-state index contributed by atoms with van der Waals surface area (Å²) in [6.45, 7) is 6.09. The number of hydrogen-bond acceptors (Lipinski definition) is 6. The first-order valence-corrected chi connectivity index (χ1v) is 12.0. The summed E-state index contributed by atoms with van der Waals surface area (Å²) in [5.41, 5.74) is 2.56. The summed E-state index contributed by atoms with van der Waals surface area (Å²) >= 11 is 0. The molecule has 0 atom stereocenters. The maximum Gasteiger partial charge on any atom is 0.329 e. The number of ether oxygens (including phenoxy) is 3. The third-order valence-electron chi connectivity index (χ3n) is 6.57. The van der Waals surface area contributed by atoms with Crippen LogP contribution in [0.25, 0.3) is 11.0 Å². The Labute approximate surface area is 205 Å². The molecule has 9 nitrogen and oxygen atoms in total. The van der Waals surface area contributed by atoms with Crippen LogP contribution in [0.3, 0.4) is 0 Å². The molecule has 0 radical (unpaired) electrons. The lowest BCUT2D eigenvalue weighted by Crippen LogP contribution is -2.49. The lowest BCUT2D eigenvalue weighted by atomic mass is 10.1. The molecular weight excluding hydrogens is 448 g/mol. The molecule has 1 aliphatic heterocycles. The van der Waals surface area contributed by atoms with Crippen LogP contribution < -0.4 is 19.9 Å². The Hall–Kier alpha value is -3.46. The Morgan fingerprint density at radius 2 is 1.51 bits per heavy atom. The predicted molar refractivity (Wildman–Crippen MR) is 134 cm³/mol. The number of nitrogens with zero attached hydrogens (tertiary/aromatic N) is 4. The Bertz CT molecular complexity index is 1240. The fourth-order valence-corrected chi connectivity index (χ4v) is 4.78. The van der Waals surface area contributed by atoms with Gasteiger partial charge >= 0.3 is 5.69 Å². The molecular formula is C26H34N4O5. The van der Waals surface area contributed by atoms with E-state index in [-0.39, 0.29) is 18.1 Å². The number of carbonyl (C=O) groups is 1. The van der Waals surface area contributed by atoms with Crippen molar-refractivity contribution in [3.8, 4) is 17.2 Å². The van der Waals surface area contributed by atoms with Crippen LogP contribution in [0.2, 0.25) is 0 Å². The molecule has 0 N–H and O–H groups in total. The summed E-state index contributed by atoms with van der Waals surface area (Å²) in [5, 5.41) is 0. The molecule has 9 heteroatoms. The summed E-state index contributed by atoms with van der Waals surface area (Å²) in [7, 11) is 4.82. The van der Waals surface area contributed by atoms with E-state index < -0.39 is 0 Å². The van der Waals surface area contributed by atoms with Gasteiger partial charge in [-0.25, -0.2) is 4.79 Å². The number of aryl methyl sites for hydroxylation is 1. The van der Waals surface area contributed by atoms with Crippen LogP contribution in [0.4, 0.5) is 0 Å². The van der Waals surface area contributed by atoms with Crippen molar-refractivity contribution in [3.63, 3.8) is 0 Å². The third-order valence-corrected chi connectivity index (χ3v) is 6.57. The molecule has 4 rings (SSSR count). The van der Waals surface area contributed by atoms with E-state index in [4.69, 9.17) is 14.2 Å². The minimum Gasteiger partial charge on any atom is -0.493 e. The summed E-state index contributed by atoms with van der Waals surface area (Å²) in [6, 6.07) is 11.5. The minimum atomic E-state index is -0.124. The molecule has 35 heavy (non-hydrogen) atoms. The predicted octanol–water partition coefficient (Wildman–Crippen LogP) is 2.58. The number of carbonyl (C=O) groups excluding carboxylic acids is 1. The van der Waals surface area contributed by atoms with Gasteiger partial charge in [-0.3, -0.25) is 18.8 Å². The number of aromatic nitrogens is 2. The second-order valence-electron chi connectivity index (χ2n) is 8.66. The SMILES string of the molecule is CCCn1c(=O)n(CC(=O)N2CCN(Cc3ccc(OC)c(OC)c3OC)CC2)c2ccccc21. The highest BCUT2D eigenvalue weighted by Crippen LogP contribution is 2.40. The standard InChI is InChI=1S/C26H34N4O5/c1-5-12-29-20-8-6-7-9-21(20)30(26(29)32)18-23(31)28-15-13-27(14-16-28)17-19-10-11-22(33-2)25(35-4)24(19)34-3/h6-11H,5,12-18H2,1-4H3. The quantitative estimate of drug-likeness (QED) is 0.467. The minimum absolute atomic E-state index is 0.0325. The lowest BCUT2D eigenvalue weighted by molar-refractivity contribution is -0.133. The summed E-state index contributed by atoms with van der Waals surface area (Å²) in [5.74, 6) is 1.83. The topological polar surface area (TPSA) is 78.2 Å². The number of imidazole rings is 1. The van der Waals surface area contributed by atoms with Crippen molar-refractivity contribution in [2.24, 2.45) is 0 Å². The third kappa shape index (κ3) is 4.86. The number of rotatable bonds is 9. The van der Waals surface area contributed by atoms with E-state index in [9.17, 15) is 9.59 Å². The molecule has 1 aliphatic rings. The molecule has 0 aliphatic carbocycles. The smallest absolute Gasteiger partial charge is 0.329 e. The van der Waals surface area contributed by atoms with Crippen LogP contribution >= 0.6 is 0 Å². The summed E-state index contributed by atoms with van der Waals surface area (Å²) in [4.78, 5) is 30.3. The number of piperazine rings is 1. The van der Waals surface area contributed by atoms with Gasteiger partial charge in [0.05, 0.1) is 32.4 Å². The number of benzene rings is 2. The van der Waals surface area contributed by atoms with E-state index in [1.165, 1.54) is 0 Å². The van der Waals surface area contributed by atoms with Gasteiger partial charge in [0.2, 0.25) is 11.7 Å². The van der Waals surface area contributed by atoms with Crippen LogP contribution in [0.1, 0.15) is 18.9 Å². The number of methoxy groups -OCH3 is 3. The monoisotopic (exact) mass is 482 g/mol. The van der Waals surface area contributed by atoms with Crippen molar-refractivity contribution in [2.45, 2.75) is 33.0 Å². The van der Waals surface area contributed by atoms with E-state index in [2.05, 4.69) is 4.90 Å². The van der Waals surface area contributed by atoms with Gasteiger partial charge in [0.1, 0.15) is 6.54 Å². The van der Waals surface area contributed by atoms with E-state index in [1.54, 1.807) is 30.5 Å². The molecule has 3 aromatic rings. The molecule has 1 aromatic heterocycles. The van der Waals surface area contributed by atoms with Gasteiger partial charge in [0.25, 0.3) is 0 Å². The van der Waals surface area contributed by atoms with Crippen LogP contribution in [0.5, 0.6) is 17.2 Å². The molecule has 188 valence electrons. The Kier molecular flexibility index (Phi) is 7.65. The van der Waals surface area contributed by atoms with Crippen LogP contribution in [0.15, 0.2) is 41.2 Å². The Morgan fingerprint density at radius 1 is 0.857 bits per heavy atom. The van der Waals surface area contributed by atoms with Crippen LogP contribution in [0, 0.1) is 0 Å². The fourth-order valence-electron chi connectivity index (χ4n) is 4.78. The van der Waals surface area contributed by atoms with Crippen LogP contribution in [-0.4, -0.2) is 72.3 Å². The number of hydrogen-bond donors (Lipinski definition) is 0. The van der Waals surface area contributed by atoms with Crippen molar-refractivity contribution in [1.29, 1.82) is 0 Å². The first-order chi connectivity index (χ1) is 17.0. The van der Waals surface area contributed by atoms with Crippen molar-refractivity contribution in [3.05, 3.63) is 52.4 Å². The molecule has 2 aromatic carbocycles. The van der Waals surface area contributed by atoms with Crippen molar-refractivity contribution in [2.75, 3.05) is 47.5 Å². The highest BCUT2D eigenvalue weighted by Gasteiger charge is 2.25. The Balaban J connectivity index is 1.43. The van der Waals surface area contributed by atoms with Crippen LogP contribution in [-0.2, 0) is 24.4 Å². The number of para-hydroxylation sites is 2. The average Bonchev–Trinajstić information content (AvgIpc) is 3.15. The maximum atomic E-state index is 13.1. The van der Waals surface area contributed by atoms with Crippen molar-refractivity contribution >= 4 is 16.9 Å². The summed E-state index contributed by atoms with van der Waals surface area (Å²) < 4.78 is 19.9. The molecule has 1 amide bonds. The first kappa shape index (κ1) is 24.7. The van der Waals surface area contributed by atoms with Crippen molar-refractivity contribution < 1.29 is 19.0 Å². The zero-order valence-corrected chi connectivity index (χ0v) is 21.0. The van der Waals surface area contributed by atoms with Gasteiger partial charge in [-0.05, 0) is 24.6 Å². The first-order valence-electron chi connectivity index (χ1n) is 12.0. The van der Waals surface area contributed by atoms with Crippen molar-refractivity contribution in [1.82, 2.24) is 18.9 Å². The van der Waals surface area contributed by atoms with Gasteiger partial charge in [-0.15, -0.1) is 0 Å². The second-order valence-corrected chi connectivity index (χ2v) is 8.66. The normalized spacial score (nSPS) is 14.3. The largest absolute Gasteiger partial charge is 0.493 e. The molecule has 0 unspecified atom stereocenters. The van der Waals surface area contributed by atoms with Gasteiger partial charge in [-0.2, -0.15) is 0 Å². The van der Waals surface area contributed by atoms with Gasteiger partial charge < -0.3 is 19.1 Å². The fraction of sp³-hybridized carbons (Fsp3) is 0.462. The molecule has 0 spiro atoms. The molecule has 1 fully saturated rings. The lowest BCUT2D eigenvalue weighted by Gasteiger charge is -2.35. The van der Waals surface area contributed by atoms with Gasteiger partial charge in [0, 0.05) is 44.8 Å². The van der Waals surface area contributed by atoms with E-state index in [1.807, 2.05) is 48.2 Å². The average molecular weight is 483 g/mol. The van der Waals surface area contributed by atoms with E-state index in [0.717, 1.165) is 36.1 Å². The highest BCUT2D eigenvalue weighted by molar-refractivity contribution is 5.81. The maximum absolute atomic E-state index is 13.1. The van der Waals surface area contributed by atoms with E-state index >= 15 is 0 Å². The zero-order valence-electron chi connectivity index (χ0n) is 21.0. The highest BCUT2D eigenvalue weighted by atomic mass is 16.5. The summed E-state index contributed by atoms with van der Waals surface area (Å²) in [6.07, 6.45) is 0.856. The second kappa shape index (κ2) is 10.9. The number of fused-ring (bicyclic) bond motifs is 1. The van der Waals surface area contributed by atoms with Gasteiger partial charge in [-0.1, -0.05) is 25.1 Å². The molecule has 0 bridgehead atoms. The Morgan fingerprint density at radius 3 is 2.11 bits per heavy atom. The number of amides is 1. The van der Waals surface area contributed by atoms with E-state index in [0.29, 0.717) is 43.4 Å². The molecule has 2 heterocycles. The van der Waals surface area contributed by atoms with Gasteiger partial charge in [0.15, 0.2) is 11.5 Å². The molecule has 1 saturated heterocycles.